The lowest BCUT2D eigenvalue weighted by molar-refractivity contribution is 0.159. The number of halogens is 2. The Morgan fingerprint density at radius 1 is 1.30 bits per heavy atom. The van der Waals surface area contributed by atoms with E-state index in [0.717, 1.165) is 41.7 Å². The second-order valence-electron chi connectivity index (χ2n) is 5.46. The van der Waals surface area contributed by atoms with Crippen LogP contribution in [0.1, 0.15) is 44.2 Å². The molecule has 0 amide bonds. The van der Waals surface area contributed by atoms with Gasteiger partial charge >= 0.3 is 0 Å². The summed E-state index contributed by atoms with van der Waals surface area (Å²) in [4.78, 5) is 2.45. The van der Waals surface area contributed by atoms with Crippen molar-refractivity contribution in [1.29, 1.82) is 0 Å². The van der Waals surface area contributed by atoms with Crippen molar-refractivity contribution in [2.75, 3.05) is 26.2 Å². The van der Waals surface area contributed by atoms with Crippen molar-refractivity contribution in [3.63, 3.8) is 0 Å². The maximum atomic E-state index is 14.2. The highest BCUT2D eigenvalue weighted by molar-refractivity contribution is 14.1. The van der Waals surface area contributed by atoms with Gasteiger partial charge < -0.3 is 5.32 Å². The predicted octanol–water partition coefficient (Wildman–Crippen LogP) is 3.96. The van der Waals surface area contributed by atoms with Crippen LogP contribution >= 0.6 is 22.6 Å². The van der Waals surface area contributed by atoms with Gasteiger partial charge in [0.2, 0.25) is 0 Å². The van der Waals surface area contributed by atoms with Gasteiger partial charge in [0.25, 0.3) is 0 Å². The summed E-state index contributed by atoms with van der Waals surface area (Å²) in [6.45, 7) is 6.26. The third-order valence-electron chi connectivity index (χ3n) is 3.99. The van der Waals surface area contributed by atoms with Crippen molar-refractivity contribution in [2.24, 2.45) is 0 Å². The van der Waals surface area contributed by atoms with Crippen LogP contribution in [0.4, 0.5) is 4.39 Å². The number of nitrogens with zero attached hydrogens (tertiary/aromatic N) is 1. The van der Waals surface area contributed by atoms with Gasteiger partial charge in [0.15, 0.2) is 0 Å². The molecule has 0 radical (unpaired) electrons. The smallest absolute Gasteiger partial charge is 0.128 e. The topological polar surface area (TPSA) is 15.3 Å². The lowest BCUT2D eigenvalue weighted by Crippen LogP contribution is -2.45. The Kier molecular flexibility index (Phi) is 6.71. The van der Waals surface area contributed by atoms with Crippen molar-refractivity contribution in [3.8, 4) is 0 Å². The van der Waals surface area contributed by atoms with E-state index in [2.05, 4.69) is 39.7 Å². The van der Waals surface area contributed by atoms with Crippen LogP contribution in [-0.2, 0) is 0 Å². The van der Waals surface area contributed by atoms with E-state index in [0.29, 0.717) is 0 Å². The molecule has 0 spiro atoms. The molecule has 0 aromatic heterocycles. The minimum absolute atomic E-state index is 0.0505. The van der Waals surface area contributed by atoms with E-state index >= 15 is 0 Å². The average molecular weight is 390 g/mol. The lowest BCUT2D eigenvalue weighted by atomic mass is 9.97. The maximum Gasteiger partial charge on any atom is 0.128 e. The fourth-order valence-electron chi connectivity index (χ4n) is 2.89. The quantitative estimate of drug-likeness (QED) is 0.585. The normalized spacial score (nSPS) is 18.1. The number of piperazine rings is 1. The summed E-state index contributed by atoms with van der Waals surface area (Å²) in [6, 6.07) is 5.72. The molecule has 4 heteroatoms. The van der Waals surface area contributed by atoms with Crippen molar-refractivity contribution in [3.05, 3.63) is 33.1 Å². The third-order valence-corrected chi connectivity index (χ3v) is 4.66. The standard InChI is InChI=1S/C16H24FIN2/c1-2-3-4-5-16(20-10-8-19-9-11-20)14-12-13(18)6-7-15(14)17/h6-7,12,16,19H,2-5,8-11H2,1H3/t16-/m1/s1. The average Bonchev–Trinajstić information content (AvgIpc) is 2.48. The Morgan fingerprint density at radius 2 is 2.05 bits per heavy atom. The maximum absolute atomic E-state index is 14.2. The molecule has 0 unspecified atom stereocenters. The minimum atomic E-state index is -0.0505. The van der Waals surface area contributed by atoms with Crippen LogP contribution in [0.15, 0.2) is 18.2 Å². The lowest BCUT2D eigenvalue weighted by Gasteiger charge is -2.35. The highest BCUT2D eigenvalue weighted by Crippen LogP contribution is 2.30. The molecule has 0 bridgehead atoms. The van der Waals surface area contributed by atoms with Crippen LogP contribution in [0.5, 0.6) is 0 Å². The van der Waals surface area contributed by atoms with Crippen molar-refractivity contribution < 1.29 is 4.39 Å². The van der Waals surface area contributed by atoms with Crippen molar-refractivity contribution in [1.82, 2.24) is 10.2 Å². The van der Waals surface area contributed by atoms with E-state index in [4.69, 9.17) is 0 Å². The number of hydrogen-bond donors (Lipinski definition) is 1. The third kappa shape index (κ3) is 4.40. The van der Waals surface area contributed by atoms with E-state index in [-0.39, 0.29) is 11.9 Å². The molecule has 1 saturated heterocycles. The first-order chi connectivity index (χ1) is 9.72. The van der Waals surface area contributed by atoms with Gasteiger partial charge in [-0.05, 0) is 47.2 Å². The number of unbranched alkanes of at least 4 members (excludes halogenated alkanes) is 2. The zero-order chi connectivity index (χ0) is 14.4. The van der Waals surface area contributed by atoms with Gasteiger partial charge in [-0.2, -0.15) is 0 Å². The van der Waals surface area contributed by atoms with E-state index in [1.807, 2.05) is 12.1 Å². The highest BCUT2D eigenvalue weighted by atomic mass is 127. The van der Waals surface area contributed by atoms with Gasteiger partial charge in [-0.25, -0.2) is 4.39 Å². The minimum Gasteiger partial charge on any atom is -0.314 e. The number of hydrogen-bond acceptors (Lipinski definition) is 2. The highest BCUT2D eigenvalue weighted by Gasteiger charge is 2.24. The molecular formula is C16H24FIN2. The van der Waals surface area contributed by atoms with Crippen LogP contribution in [0, 0.1) is 9.39 Å². The fraction of sp³-hybridized carbons (Fsp3) is 0.625. The predicted molar refractivity (Wildman–Crippen MR) is 90.4 cm³/mol. The Balaban J connectivity index is 2.17. The second-order valence-corrected chi connectivity index (χ2v) is 6.71. The monoisotopic (exact) mass is 390 g/mol. The Bertz CT molecular complexity index is 419. The molecule has 1 atom stereocenters. The van der Waals surface area contributed by atoms with Crippen molar-refractivity contribution >= 4 is 22.6 Å². The molecule has 1 aliphatic rings. The van der Waals surface area contributed by atoms with Crippen LogP contribution in [0.25, 0.3) is 0 Å². The molecule has 0 saturated carbocycles. The molecule has 20 heavy (non-hydrogen) atoms. The van der Waals surface area contributed by atoms with Gasteiger partial charge in [-0.15, -0.1) is 0 Å². The summed E-state index contributed by atoms with van der Waals surface area (Å²) in [5, 5.41) is 3.38. The molecule has 1 N–H and O–H groups in total. The Hall–Kier alpha value is -0.200. The van der Waals surface area contributed by atoms with Gasteiger partial charge in [0.1, 0.15) is 5.82 Å². The summed E-state index contributed by atoms with van der Waals surface area (Å²) >= 11 is 2.27. The summed E-state index contributed by atoms with van der Waals surface area (Å²) < 4.78 is 15.4. The first kappa shape index (κ1) is 16.2. The Labute approximate surface area is 135 Å². The van der Waals surface area contributed by atoms with E-state index in [1.54, 1.807) is 6.07 Å². The van der Waals surface area contributed by atoms with Crippen LogP contribution in [-0.4, -0.2) is 31.1 Å². The summed E-state index contributed by atoms with van der Waals surface area (Å²) in [7, 11) is 0. The first-order valence-electron chi connectivity index (χ1n) is 7.62. The molecule has 1 heterocycles. The van der Waals surface area contributed by atoms with E-state index in [1.165, 1.54) is 19.3 Å². The molecule has 1 fully saturated rings. The number of nitrogens with one attached hydrogen (secondary N) is 1. The molecule has 2 nitrogen and oxygen atoms in total. The molecule has 1 aromatic carbocycles. The van der Waals surface area contributed by atoms with E-state index < -0.39 is 0 Å². The second kappa shape index (κ2) is 8.29. The largest absolute Gasteiger partial charge is 0.314 e. The van der Waals surface area contributed by atoms with Crippen LogP contribution in [0.2, 0.25) is 0 Å². The van der Waals surface area contributed by atoms with Gasteiger partial charge in [0, 0.05) is 41.4 Å². The molecule has 2 rings (SSSR count). The molecule has 0 aliphatic carbocycles. The van der Waals surface area contributed by atoms with Gasteiger partial charge in [0.05, 0.1) is 0 Å². The number of benzene rings is 1. The van der Waals surface area contributed by atoms with Gasteiger partial charge in [-0.1, -0.05) is 26.2 Å². The zero-order valence-corrected chi connectivity index (χ0v) is 14.3. The molecule has 112 valence electrons. The summed E-state index contributed by atoms with van der Waals surface area (Å²) in [6.07, 6.45) is 4.68. The fourth-order valence-corrected chi connectivity index (χ4v) is 3.40. The van der Waals surface area contributed by atoms with Crippen molar-refractivity contribution in [2.45, 2.75) is 38.6 Å². The molecule has 1 aliphatic heterocycles. The zero-order valence-electron chi connectivity index (χ0n) is 12.2. The first-order valence-corrected chi connectivity index (χ1v) is 8.70. The SMILES string of the molecule is CCCCC[C@H](c1cc(I)ccc1F)N1CCNCC1. The molecule has 1 aromatic rings. The number of rotatable bonds is 6. The van der Waals surface area contributed by atoms with Crippen LogP contribution < -0.4 is 5.32 Å². The van der Waals surface area contributed by atoms with Gasteiger partial charge in [-0.3, -0.25) is 4.90 Å². The van der Waals surface area contributed by atoms with Crippen LogP contribution in [0.3, 0.4) is 0 Å². The summed E-state index contributed by atoms with van der Waals surface area (Å²) in [5.41, 5.74) is 0.884. The molecular weight excluding hydrogens is 366 g/mol. The van der Waals surface area contributed by atoms with E-state index in [9.17, 15) is 4.39 Å². The Morgan fingerprint density at radius 3 is 2.75 bits per heavy atom. The summed E-state index contributed by atoms with van der Waals surface area (Å²) in [5.74, 6) is -0.0505.